The minimum Gasteiger partial charge on any atom is -0.354 e. The summed E-state index contributed by atoms with van der Waals surface area (Å²) in [5, 5.41) is 0. The van der Waals surface area contributed by atoms with Crippen LogP contribution in [0, 0.1) is 13.8 Å². The standard InChI is InChI=1S/C18H24N4O2S/c1-14-4-5-15(2)17(12-14)25(23,24)20-16-6-7-18(19-13-16)22-10-8-21(3)9-11-22/h4-7,12-13,20H,8-11H2,1-3H3. The molecule has 2 aromatic rings. The first-order valence-corrected chi connectivity index (χ1v) is 9.83. The lowest BCUT2D eigenvalue weighted by Gasteiger charge is -2.33. The molecule has 7 heteroatoms. The monoisotopic (exact) mass is 360 g/mol. The minimum absolute atomic E-state index is 0.302. The van der Waals surface area contributed by atoms with Gasteiger partial charge in [-0.3, -0.25) is 4.72 Å². The van der Waals surface area contributed by atoms with Crippen LogP contribution < -0.4 is 9.62 Å². The molecule has 25 heavy (non-hydrogen) atoms. The lowest BCUT2D eigenvalue weighted by atomic mass is 10.2. The van der Waals surface area contributed by atoms with E-state index in [1.165, 1.54) is 0 Å². The van der Waals surface area contributed by atoms with Crippen LogP contribution in [-0.2, 0) is 10.0 Å². The summed E-state index contributed by atoms with van der Waals surface area (Å²) in [4.78, 5) is 9.22. The van der Waals surface area contributed by atoms with Crippen LogP contribution in [0.3, 0.4) is 0 Å². The number of rotatable bonds is 4. The molecule has 0 bridgehead atoms. The van der Waals surface area contributed by atoms with E-state index in [1.807, 2.05) is 25.1 Å². The second-order valence-electron chi connectivity index (χ2n) is 6.57. The molecule has 0 aliphatic carbocycles. The Kier molecular flexibility index (Phi) is 4.96. The van der Waals surface area contributed by atoms with Crippen LogP contribution in [0.4, 0.5) is 11.5 Å². The lowest BCUT2D eigenvalue weighted by Crippen LogP contribution is -2.44. The number of aryl methyl sites for hydroxylation is 2. The van der Waals surface area contributed by atoms with Gasteiger partial charge >= 0.3 is 0 Å². The number of nitrogens with zero attached hydrogens (tertiary/aromatic N) is 3. The zero-order valence-electron chi connectivity index (χ0n) is 14.9. The quantitative estimate of drug-likeness (QED) is 0.906. The summed E-state index contributed by atoms with van der Waals surface area (Å²) in [5.41, 5.74) is 2.11. The number of pyridine rings is 1. The van der Waals surface area contributed by atoms with E-state index in [0.717, 1.165) is 43.1 Å². The number of likely N-dealkylation sites (N-methyl/N-ethyl adjacent to an activating group) is 1. The maximum Gasteiger partial charge on any atom is 0.262 e. The van der Waals surface area contributed by atoms with Crippen molar-refractivity contribution in [3.05, 3.63) is 47.7 Å². The molecule has 2 heterocycles. The molecule has 3 rings (SSSR count). The Morgan fingerprint density at radius 1 is 1.04 bits per heavy atom. The molecule has 1 aromatic carbocycles. The molecule has 0 radical (unpaired) electrons. The summed E-state index contributed by atoms with van der Waals surface area (Å²) in [6, 6.07) is 9.04. The molecule has 0 spiro atoms. The smallest absolute Gasteiger partial charge is 0.262 e. The SMILES string of the molecule is Cc1ccc(C)c(S(=O)(=O)Nc2ccc(N3CCN(C)CC3)nc2)c1. The number of nitrogens with one attached hydrogen (secondary N) is 1. The summed E-state index contributed by atoms with van der Waals surface area (Å²) in [6.45, 7) is 7.53. The fourth-order valence-electron chi connectivity index (χ4n) is 2.88. The molecule has 0 amide bonds. The van der Waals surface area contributed by atoms with E-state index < -0.39 is 10.0 Å². The molecule has 0 unspecified atom stereocenters. The van der Waals surface area contributed by atoms with Crippen LogP contribution >= 0.6 is 0 Å². The van der Waals surface area contributed by atoms with Gasteiger partial charge < -0.3 is 9.80 Å². The van der Waals surface area contributed by atoms with E-state index in [2.05, 4.69) is 26.6 Å². The Balaban J connectivity index is 1.75. The summed E-state index contributed by atoms with van der Waals surface area (Å²) in [7, 11) is -1.51. The molecule has 1 N–H and O–H groups in total. The van der Waals surface area contributed by atoms with Gasteiger partial charge in [0.05, 0.1) is 16.8 Å². The topological polar surface area (TPSA) is 65.5 Å². The number of piperazine rings is 1. The van der Waals surface area contributed by atoms with Gasteiger partial charge in [0.2, 0.25) is 0 Å². The van der Waals surface area contributed by atoms with Gasteiger partial charge in [0.15, 0.2) is 0 Å². The highest BCUT2D eigenvalue weighted by molar-refractivity contribution is 7.92. The highest BCUT2D eigenvalue weighted by Crippen LogP contribution is 2.22. The van der Waals surface area contributed by atoms with Gasteiger partial charge in [-0.05, 0) is 50.2 Å². The predicted molar refractivity (Wildman–Crippen MR) is 101 cm³/mol. The zero-order valence-corrected chi connectivity index (χ0v) is 15.7. The van der Waals surface area contributed by atoms with Gasteiger partial charge in [-0.2, -0.15) is 0 Å². The first kappa shape index (κ1) is 17.7. The Bertz CT molecular complexity index is 842. The Morgan fingerprint density at radius 3 is 2.40 bits per heavy atom. The Morgan fingerprint density at radius 2 is 1.76 bits per heavy atom. The normalized spacial score (nSPS) is 16.0. The first-order chi connectivity index (χ1) is 11.8. The summed E-state index contributed by atoms with van der Waals surface area (Å²) >= 11 is 0. The Hall–Kier alpha value is -2.12. The molecule has 1 aliphatic rings. The van der Waals surface area contributed by atoms with Crippen LogP contribution in [0.1, 0.15) is 11.1 Å². The highest BCUT2D eigenvalue weighted by Gasteiger charge is 2.18. The van der Waals surface area contributed by atoms with Gasteiger partial charge in [-0.25, -0.2) is 13.4 Å². The third-order valence-electron chi connectivity index (χ3n) is 4.46. The van der Waals surface area contributed by atoms with Gasteiger partial charge in [0.25, 0.3) is 10.0 Å². The summed E-state index contributed by atoms with van der Waals surface area (Å²) in [5.74, 6) is 0.878. The van der Waals surface area contributed by atoms with Crippen molar-refractivity contribution in [3.8, 4) is 0 Å². The number of benzene rings is 1. The molecule has 0 atom stereocenters. The fourth-order valence-corrected chi connectivity index (χ4v) is 4.25. The number of aromatic nitrogens is 1. The minimum atomic E-state index is -3.62. The Labute approximate surface area is 149 Å². The summed E-state index contributed by atoms with van der Waals surface area (Å²) in [6.07, 6.45) is 1.58. The van der Waals surface area contributed by atoms with Crippen LogP contribution in [0.15, 0.2) is 41.4 Å². The molecule has 6 nitrogen and oxygen atoms in total. The third kappa shape index (κ3) is 4.11. The van der Waals surface area contributed by atoms with Crippen molar-refractivity contribution in [2.24, 2.45) is 0 Å². The zero-order chi connectivity index (χ0) is 18.0. The van der Waals surface area contributed by atoms with E-state index in [1.54, 1.807) is 25.3 Å². The van der Waals surface area contributed by atoms with Crippen molar-refractivity contribution in [1.82, 2.24) is 9.88 Å². The van der Waals surface area contributed by atoms with E-state index in [-0.39, 0.29) is 0 Å². The third-order valence-corrected chi connectivity index (χ3v) is 5.98. The van der Waals surface area contributed by atoms with Crippen LogP contribution in [-0.4, -0.2) is 51.5 Å². The second kappa shape index (κ2) is 7.01. The van der Waals surface area contributed by atoms with E-state index in [9.17, 15) is 8.42 Å². The van der Waals surface area contributed by atoms with Crippen molar-refractivity contribution in [2.75, 3.05) is 42.8 Å². The van der Waals surface area contributed by atoms with Crippen LogP contribution in [0.5, 0.6) is 0 Å². The molecule has 134 valence electrons. The molecule has 1 saturated heterocycles. The van der Waals surface area contributed by atoms with Gasteiger partial charge in [-0.15, -0.1) is 0 Å². The maximum absolute atomic E-state index is 12.6. The number of sulfonamides is 1. The molecule has 1 aromatic heterocycles. The van der Waals surface area contributed by atoms with Crippen LogP contribution in [0.2, 0.25) is 0 Å². The second-order valence-corrected chi connectivity index (χ2v) is 8.22. The molecular formula is C18H24N4O2S. The number of hydrogen-bond donors (Lipinski definition) is 1. The van der Waals surface area contributed by atoms with Gasteiger partial charge in [0.1, 0.15) is 5.82 Å². The average Bonchev–Trinajstić information content (AvgIpc) is 2.58. The maximum atomic E-state index is 12.6. The van der Waals surface area contributed by atoms with Crippen molar-refractivity contribution < 1.29 is 8.42 Å². The molecule has 0 saturated carbocycles. The molecular weight excluding hydrogens is 336 g/mol. The first-order valence-electron chi connectivity index (χ1n) is 8.35. The highest BCUT2D eigenvalue weighted by atomic mass is 32.2. The summed E-state index contributed by atoms with van der Waals surface area (Å²) < 4.78 is 27.9. The molecule has 1 aliphatic heterocycles. The van der Waals surface area contributed by atoms with Gasteiger partial charge in [-0.1, -0.05) is 12.1 Å². The van der Waals surface area contributed by atoms with Crippen molar-refractivity contribution >= 4 is 21.5 Å². The lowest BCUT2D eigenvalue weighted by molar-refractivity contribution is 0.312. The number of anilines is 2. The van der Waals surface area contributed by atoms with Gasteiger partial charge in [0, 0.05) is 26.2 Å². The van der Waals surface area contributed by atoms with Crippen LogP contribution in [0.25, 0.3) is 0 Å². The fraction of sp³-hybridized carbons (Fsp3) is 0.389. The van der Waals surface area contributed by atoms with Crippen molar-refractivity contribution in [2.45, 2.75) is 18.7 Å². The van der Waals surface area contributed by atoms with E-state index >= 15 is 0 Å². The predicted octanol–water partition coefficient (Wildman–Crippen LogP) is 2.25. The average molecular weight is 360 g/mol. The van der Waals surface area contributed by atoms with E-state index in [4.69, 9.17) is 0 Å². The molecule has 1 fully saturated rings. The van der Waals surface area contributed by atoms with Crippen molar-refractivity contribution in [3.63, 3.8) is 0 Å². The number of hydrogen-bond acceptors (Lipinski definition) is 5. The largest absolute Gasteiger partial charge is 0.354 e. The van der Waals surface area contributed by atoms with E-state index in [0.29, 0.717) is 10.6 Å². The van der Waals surface area contributed by atoms with Crippen molar-refractivity contribution in [1.29, 1.82) is 0 Å².